The summed E-state index contributed by atoms with van der Waals surface area (Å²) in [4.78, 5) is 20.9. The molecule has 0 aliphatic carbocycles. The number of benzene rings is 1. The van der Waals surface area contributed by atoms with Gasteiger partial charge in [0.2, 0.25) is 0 Å². The molecular weight excluding hydrogens is 459 g/mol. The van der Waals surface area contributed by atoms with Crippen LogP contribution in [-0.4, -0.2) is 53.5 Å². The number of hydrogen-bond acceptors (Lipinski definition) is 5. The van der Waals surface area contributed by atoms with E-state index in [1.165, 1.54) is 6.20 Å². The molecule has 1 atom stereocenters. The topological polar surface area (TPSA) is 109 Å². The summed E-state index contributed by atoms with van der Waals surface area (Å²) >= 11 is 0. The third-order valence-corrected chi connectivity index (χ3v) is 5.59. The van der Waals surface area contributed by atoms with E-state index in [0.29, 0.717) is 11.3 Å². The summed E-state index contributed by atoms with van der Waals surface area (Å²) in [7, 11) is 0. The van der Waals surface area contributed by atoms with Gasteiger partial charge in [-0.15, -0.1) is 0 Å². The maximum atomic E-state index is 12.3. The number of imidazole rings is 1. The lowest BCUT2D eigenvalue weighted by atomic mass is 10.1. The smallest absolute Gasteiger partial charge is 0.404 e. The number of pyridine rings is 1. The van der Waals surface area contributed by atoms with Gasteiger partial charge in [0, 0.05) is 42.0 Å². The van der Waals surface area contributed by atoms with Crippen LogP contribution in [0.15, 0.2) is 60.0 Å². The van der Waals surface area contributed by atoms with Crippen molar-refractivity contribution in [2.24, 2.45) is 10.7 Å². The van der Waals surface area contributed by atoms with Gasteiger partial charge in [-0.05, 0) is 49.2 Å². The predicted octanol–water partition coefficient (Wildman–Crippen LogP) is 3.81. The van der Waals surface area contributed by atoms with Gasteiger partial charge in [0.1, 0.15) is 12.2 Å². The average molecular weight is 486 g/mol. The molecule has 4 rings (SSSR count). The van der Waals surface area contributed by atoms with Crippen molar-refractivity contribution in [2.45, 2.75) is 25.1 Å². The van der Waals surface area contributed by atoms with Crippen LogP contribution in [0.2, 0.25) is 0 Å². The fraction of sp³-hybridized carbons (Fsp3) is 0.292. The Hall–Kier alpha value is -3.86. The van der Waals surface area contributed by atoms with Crippen LogP contribution in [0, 0.1) is 0 Å². The quantitative estimate of drug-likeness (QED) is 0.398. The number of rotatable bonds is 6. The predicted molar refractivity (Wildman–Crippen MR) is 130 cm³/mol. The molecule has 5 N–H and O–H groups in total. The van der Waals surface area contributed by atoms with E-state index in [0.717, 1.165) is 48.3 Å². The van der Waals surface area contributed by atoms with E-state index in [1.807, 2.05) is 28.8 Å². The monoisotopic (exact) mass is 485 g/mol. The Balaban J connectivity index is 1.51. The van der Waals surface area contributed by atoms with Gasteiger partial charge in [0.05, 0.1) is 17.9 Å². The normalized spacial score (nSPS) is 17.1. The van der Waals surface area contributed by atoms with Crippen LogP contribution in [0.4, 0.5) is 23.7 Å². The molecule has 0 radical (unpaired) electrons. The number of amides is 2. The van der Waals surface area contributed by atoms with Gasteiger partial charge in [0.15, 0.2) is 0 Å². The van der Waals surface area contributed by atoms with Gasteiger partial charge in [0.25, 0.3) is 0 Å². The molecule has 2 amide bonds. The number of nitrogens with two attached hydrogens (primary N) is 1. The molecule has 0 bridgehead atoms. The minimum Gasteiger partial charge on any atom is -0.404 e. The summed E-state index contributed by atoms with van der Waals surface area (Å²) in [5.41, 5.74) is 10.1. The number of halogens is 3. The number of nitrogens with one attached hydrogen (secondary N) is 3. The summed E-state index contributed by atoms with van der Waals surface area (Å²) in [6, 6.07) is 9.90. The summed E-state index contributed by atoms with van der Waals surface area (Å²) < 4.78 is 38.8. The first-order valence-electron chi connectivity index (χ1n) is 11.2. The van der Waals surface area contributed by atoms with Crippen LogP contribution in [0.3, 0.4) is 0 Å². The van der Waals surface area contributed by atoms with Crippen molar-refractivity contribution in [2.75, 3.05) is 25.0 Å². The molecule has 1 aliphatic heterocycles. The highest BCUT2D eigenvalue weighted by Crippen LogP contribution is 2.25. The second kappa shape index (κ2) is 10.6. The highest BCUT2D eigenvalue weighted by Gasteiger charge is 2.27. The number of allylic oxidation sites excluding steroid dienone is 1. The van der Waals surface area contributed by atoms with Crippen molar-refractivity contribution in [1.29, 1.82) is 0 Å². The standard InChI is InChI=1S/C24H26F3N7O/c25-24(26,27)15-32-23(35)33-19-4-1-3-17(9-19)21-14-31-22-10-16(6-8-34(21)22)18(11-28)12-30-20-5-2-7-29-13-20/h1,3-4,6,8-12,14,20,29H,2,5,7,13,15,28H2,(H2,32,33,35). The van der Waals surface area contributed by atoms with Crippen LogP contribution in [0.1, 0.15) is 18.4 Å². The lowest BCUT2D eigenvalue weighted by Crippen LogP contribution is -2.36. The van der Waals surface area contributed by atoms with Crippen LogP contribution >= 0.6 is 0 Å². The Morgan fingerprint density at radius 3 is 2.91 bits per heavy atom. The lowest BCUT2D eigenvalue weighted by Gasteiger charge is -2.18. The molecule has 11 heteroatoms. The Morgan fingerprint density at radius 2 is 2.17 bits per heavy atom. The number of fused-ring (bicyclic) bond motifs is 1. The Kier molecular flexibility index (Phi) is 7.35. The average Bonchev–Trinajstić information content (AvgIpc) is 3.27. The molecule has 35 heavy (non-hydrogen) atoms. The number of hydrogen-bond donors (Lipinski definition) is 4. The molecule has 0 saturated carbocycles. The van der Waals surface area contributed by atoms with Crippen molar-refractivity contribution >= 4 is 29.2 Å². The summed E-state index contributed by atoms with van der Waals surface area (Å²) in [5, 5.41) is 7.54. The zero-order chi connectivity index (χ0) is 24.8. The zero-order valence-electron chi connectivity index (χ0n) is 18.8. The molecule has 1 fully saturated rings. The molecule has 1 aromatic carbocycles. The third kappa shape index (κ3) is 6.38. The van der Waals surface area contributed by atoms with E-state index in [2.05, 4.69) is 20.6 Å². The Morgan fingerprint density at radius 1 is 1.31 bits per heavy atom. The molecule has 1 saturated heterocycles. The lowest BCUT2D eigenvalue weighted by molar-refractivity contribution is -0.122. The summed E-state index contributed by atoms with van der Waals surface area (Å²) in [6.45, 7) is 0.471. The van der Waals surface area contributed by atoms with Gasteiger partial charge < -0.3 is 21.7 Å². The second-order valence-corrected chi connectivity index (χ2v) is 8.19. The first kappa shape index (κ1) is 24.3. The van der Waals surface area contributed by atoms with Crippen LogP contribution in [0.5, 0.6) is 0 Å². The number of nitrogens with zero attached hydrogens (tertiary/aromatic N) is 3. The molecule has 0 spiro atoms. The van der Waals surface area contributed by atoms with Crippen LogP contribution < -0.4 is 21.7 Å². The molecule has 1 unspecified atom stereocenters. The van der Waals surface area contributed by atoms with E-state index < -0.39 is 18.8 Å². The molecular formula is C24H26F3N7O. The Labute approximate surface area is 200 Å². The number of aliphatic imine (C=N–C) groups is 1. The fourth-order valence-electron chi connectivity index (χ4n) is 3.85. The van der Waals surface area contributed by atoms with Crippen molar-refractivity contribution in [3.8, 4) is 11.3 Å². The SMILES string of the molecule is NC=C(C=NC1CCCNC1)c1ccn2c(-c3cccc(NC(=O)NCC(F)(F)F)c3)cnc2c1. The first-order chi connectivity index (χ1) is 16.8. The third-order valence-electron chi connectivity index (χ3n) is 5.59. The highest BCUT2D eigenvalue weighted by atomic mass is 19.4. The Bertz CT molecular complexity index is 1240. The first-order valence-corrected chi connectivity index (χ1v) is 11.2. The van der Waals surface area contributed by atoms with Gasteiger partial charge in [-0.3, -0.25) is 9.39 Å². The maximum Gasteiger partial charge on any atom is 0.405 e. The van der Waals surface area contributed by atoms with Gasteiger partial charge in [-0.2, -0.15) is 13.2 Å². The second-order valence-electron chi connectivity index (χ2n) is 8.19. The van der Waals surface area contributed by atoms with Crippen molar-refractivity contribution < 1.29 is 18.0 Å². The van der Waals surface area contributed by atoms with E-state index in [1.54, 1.807) is 35.9 Å². The molecule has 3 heterocycles. The van der Waals surface area contributed by atoms with Crippen LogP contribution in [-0.2, 0) is 0 Å². The van der Waals surface area contributed by atoms with Crippen LogP contribution in [0.25, 0.3) is 22.5 Å². The van der Waals surface area contributed by atoms with Gasteiger partial charge in [-0.25, -0.2) is 9.78 Å². The highest BCUT2D eigenvalue weighted by molar-refractivity contribution is 6.10. The van der Waals surface area contributed by atoms with E-state index >= 15 is 0 Å². The number of alkyl halides is 3. The minimum atomic E-state index is -4.48. The zero-order valence-corrected chi connectivity index (χ0v) is 18.8. The number of anilines is 1. The molecule has 184 valence electrons. The van der Waals surface area contributed by atoms with Gasteiger partial charge >= 0.3 is 12.2 Å². The van der Waals surface area contributed by atoms with Crippen molar-refractivity contribution in [3.05, 3.63) is 60.6 Å². The fourth-order valence-corrected chi connectivity index (χ4v) is 3.85. The molecule has 1 aliphatic rings. The number of carbonyl (C=O) groups is 1. The number of urea groups is 1. The van der Waals surface area contributed by atoms with E-state index in [4.69, 9.17) is 5.73 Å². The number of piperidine rings is 1. The number of aromatic nitrogens is 2. The molecule has 3 aromatic rings. The van der Waals surface area contributed by atoms with E-state index in [-0.39, 0.29) is 6.04 Å². The summed E-state index contributed by atoms with van der Waals surface area (Å²) in [6.07, 6.45) is 4.54. The summed E-state index contributed by atoms with van der Waals surface area (Å²) in [5.74, 6) is 0. The van der Waals surface area contributed by atoms with Gasteiger partial charge in [-0.1, -0.05) is 12.1 Å². The van der Waals surface area contributed by atoms with Crippen molar-refractivity contribution in [1.82, 2.24) is 20.0 Å². The minimum absolute atomic E-state index is 0.233. The van der Waals surface area contributed by atoms with Crippen molar-refractivity contribution in [3.63, 3.8) is 0 Å². The number of carbonyl (C=O) groups excluding carboxylic acids is 1. The molecule has 8 nitrogen and oxygen atoms in total. The maximum absolute atomic E-state index is 12.3. The van der Waals surface area contributed by atoms with E-state index in [9.17, 15) is 18.0 Å². The largest absolute Gasteiger partial charge is 0.405 e. The molecule has 2 aromatic heterocycles.